The van der Waals surface area contributed by atoms with Crippen molar-refractivity contribution in [3.63, 3.8) is 0 Å². The van der Waals surface area contributed by atoms with Crippen LogP contribution >= 0.6 is 44.3 Å². The Hall–Kier alpha value is 0.190. The van der Waals surface area contributed by atoms with Crippen LogP contribution in [0.25, 0.3) is 0 Å². The summed E-state index contributed by atoms with van der Waals surface area (Å²) in [7, 11) is 0. The number of aliphatic hydroxyl groups excluding tert-OH is 1. The molecule has 0 radical (unpaired) electrons. The topological polar surface area (TPSA) is 66.5 Å². The SMILES string of the molecule is C[C@@H](O)[C@@H](N)c1cc(Br)cc(Br)c1O.Cl. The first-order chi connectivity index (χ1) is 6.43. The summed E-state index contributed by atoms with van der Waals surface area (Å²) < 4.78 is 1.35. The fourth-order valence-electron chi connectivity index (χ4n) is 1.10. The van der Waals surface area contributed by atoms with E-state index in [9.17, 15) is 10.2 Å². The highest BCUT2D eigenvalue weighted by Crippen LogP contribution is 2.35. The monoisotopic (exact) mass is 359 g/mol. The first kappa shape index (κ1) is 15.2. The minimum atomic E-state index is -0.706. The van der Waals surface area contributed by atoms with Crippen LogP contribution in [-0.4, -0.2) is 16.3 Å². The second-order valence-electron chi connectivity index (χ2n) is 3.09. The molecular weight excluding hydrogens is 349 g/mol. The van der Waals surface area contributed by atoms with Gasteiger partial charge in [-0.05, 0) is 35.0 Å². The molecule has 0 aliphatic carbocycles. The van der Waals surface area contributed by atoms with Gasteiger partial charge in [-0.15, -0.1) is 12.4 Å². The molecule has 0 heterocycles. The van der Waals surface area contributed by atoms with Crippen LogP contribution in [0.5, 0.6) is 5.75 Å². The summed E-state index contributed by atoms with van der Waals surface area (Å²) in [5.74, 6) is 0.0709. The fourth-order valence-corrected chi connectivity index (χ4v) is 2.36. The van der Waals surface area contributed by atoms with Gasteiger partial charge in [0.15, 0.2) is 0 Å². The van der Waals surface area contributed by atoms with Crippen LogP contribution in [0.3, 0.4) is 0 Å². The summed E-state index contributed by atoms with van der Waals surface area (Å²) in [6.07, 6.45) is -0.706. The molecule has 0 saturated heterocycles. The van der Waals surface area contributed by atoms with Gasteiger partial charge in [0, 0.05) is 10.0 Å². The van der Waals surface area contributed by atoms with Gasteiger partial charge in [0.1, 0.15) is 5.75 Å². The Labute approximate surface area is 111 Å². The molecular formula is C9H12Br2ClNO2. The van der Waals surface area contributed by atoms with Crippen molar-refractivity contribution in [1.29, 1.82) is 0 Å². The predicted octanol–water partition coefficient (Wildman–Crippen LogP) is 2.72. The van der Waals surface area contributed by atoms with Crippen molar-refractivity contribution in [2.75, 3.05) is 0 Å². The largest absolute Gasteiger partial charge is 0.506 e. The van der Waals surface area contributed by atoms with Gasteiger partial charge in [-0.25, -0.2) is 0 Å². The Morgan fingerprint density at radius 1 is 1.33 bits per heavy atom. The van der Waals surface area contributed by atoms with Crippen LogP contribution in [0, 0.1) is 0 Å². The number of halogens is 3. The smallest absolute Gasteiger partial charge is 0.134 e. The number of benzene rings is 1. The summed E-state index contributed by atoms with van der Waals surface area (Å²) in [4.78, 5) is 0. The molecule has 2 atom stereocenters. The van der Waals surface area contributed by atoms with E-state index in [4.69, 9.17) is 5.73 Å². The Kier molecular flexibility index (Phi) is 6.13. The maximum Gasteiger partial charge on any atom is 0.134 e. The number of phenols is 1. The lowest BCUT2D eigenvalue weighted by Crippen LogP contribution is -2.23. The van der Waals surface area contributed by atoms with Gasteiger partial charge in [0.05, 0.1) is 16.6 Å². The summed E-state index contributed by atoms with van der Waals surface area (Å²) >= 11 is 6.48. The van der Waals surface area contributed by atoms with E-state index in [0.717, 1.165) is 4.47 Å². The average Bonchev–Trinajstić information content (AvgIpc) is 2.09. The van der Waals surface area contributed by atoms with E-state index in [2.05, 4.69) is 31.9 Å². The Balaban J connectivity index is 0.00000196. The highest BCUT2D eigenvalue weighted by molar-refractivity contribution is 9.11. The van der Waals surface area contributed by atoms with E-state index in [1.807, 2.05) is 0 Å². The number of nitrogens with two attached hydrogens (primary N) is 1. The minimum absolute atomic E-state index is 0. The first-order valence-electron chi connectivity index (χ1n) is 4.05. The number of aromatic hydroxyl groups is 1. The van der Waals surface area contributed by atoms with Crippen molar-refractivity contribution in [2.45, 2.75) is 19.1 Å². The average molecular weight is 361 g/mol. The third kappa shape index (κ3) is 3.60. The number of hydrogen-bond donors (Lipinski definition) is 3. The maximum atomic E-state index is 9.68. The van der Waals surface area contributed by atoms with Gasteiger partial charge >= 0.3 is 0 Å². The molecule has 1 aromatic rings. The zero-order valence-electron chi connectivity index (χ0n) is 7.95. The number of phenolic OH excluding ortho intramolecular Hbond substituents is 1. The van der Waals surface area contributed by atoms with Gasteiger partial charge in [-0.2, -0.15) is 0 Å². The van der Waals surface area contributed by atoms with Gasteiger partial charge in [-0.1, -0.05) is 15.9 Å². The van der Waals surface area contributed by atoms with Crippen LogP contribution in [0.1, 0.15) is 18.5 Å². The Bertz CT molecular complexity index is 347. The van der Waals surface area contributed by atoms with Crippen molar-refractivity contribution in [1.82, 2.24) is 0 Å². The van der Waals surface area contributed by atoms with Gasteiger partial charge < -0.3 is 15.9 Å². The molecule has 0 aliphatic rings. The molecule has 0 fully saturated rings. The van der Waals surface area contributed by atoms with E-state index in [1.165, 1.54) is 0 Å². The lowest BCUT2D eigenvalue weighted by molar-refractivity contribution is 0.162. The first-order valence-corrected chi connectivity index (χ1v) is 5.63. The molecule has 0 aliphatic heterocycles. The number of rotatable bonds is 2. The van der Waals surface area contributed by atoms with Crippen molar-refractivity contribution in [3.8, 4) is 5.75 Å². The van der Waals surface area contributed by atoms with Crippen molar-refractivity contribution in [3.05, 3.63) is 26.6 Å². The third-order valence-electron chi connectivity index (χ3n) is 1.94. The van der Waals surface area contributed by atoms with Crippen LogP contribution in [0.4, 0.5) is 0 Å². The Morgan fingerprint density at radius 2 is 1.87 bits per heavy atom. The van der Waals surface area contributed by atoms with Gasteiger partial charge in [-0.3, -0.25) is 0 Å². The molecule has 4 N–H and O–H groups in total. The van der Waals surface area contributed by atoms with Gasteiger partial charge in [0.25, 0.3) is 0 Å². The van der Waals surface area contributed by atoms with Crippen LogP contribution in [-0.2, 0) is 0 Å². The molecule has 1 rings (SSSR count). The molecule has 0 saturated carbocycles. The molecule has 0 amide bonds. The molecule has 0 spiro atoms. The molecule has 3 nitrogen and oxygen atoms in total. The Morgan fingerprint density at radius 3 is 2.33 bits per heavy atom. The summed E-state index contributed by atoms with van der Waals surface area (Å²) in [6, 6.07) is 2.81. The summed E-state index contributed by atoms with van der Waals surface area (Å²) in [5, 5.41) is 19.0. The molecule has 6 heteroatoms. The summed E-state index contributed by atoms with van der Waals surface area (Å²) in [5.41, 5.74) is 6.24. The molecule has 1 aromatic carbocycles. The standard InChI is InChI=1S/C9H11Br2NO2.ClH/c1-4(13)8(12)6-2-5(10)3-7(11)9(6)14;/h2-4,8,13-14H,12H2,1H3;1H/t4-,8-;/m1./s1. The zero-order chi connectivity index (χ0) is 10.9. The minimum Gasteiger partial charge on any atom is -0.506 e. The van der Waals surface area contributed by atoms with Crippen molar-refractivity contribution < 1.29 is 10.2 Å². The normalized spacial score (nSPS) is 14.2. The predicted molar refractivity (Wildman–Crippen MR) is 69.4 cm³/mol. The molecule has 0 bridgehead atoms. The van der Waals surface area contributed by atoms with Crippen molar-refractivity contribution in [2.24, 2.45) is 5.73 Å². The van der Waals surface area contributed by atoms with Crippen molar-refractivity contribution >= 4 is 44.3 Å². The third-order valence-corrected chi connectivity index (χ3v) is 3.00. The van der Waals surface area contributed by atoms with E-state index >= 15 is 0 Å². The highest BCUT2D eigenvalue weighted by atomic mass is 79.9. The highest BCUT2D eigenvalue weighted by Gasteiger charge is 2.18. The van der Waals surface area contributed by atoms with E-state index in [1.54, 1.807) is 19.1 Å². The van der Waals surface area contributed by atoms with Crippen LogP contribution in [0.15, 0.2) is 21.1 Å². The second-order valence-corrected chi connectivity index (χ2v) is 4.86. The molecule has 86 valence electrons. The maximum absolute atomic E-state index is 9.68. The summed E-state index contributed by atoms with van der Waals surface area (Å²) in [6.45, 7) is 1.58. The lowest BCUT2D eigenvalue weighted by Gasteiger charge is -2.17. The zero-order valence-corrected chi connectivity index (χ0v) is 11.9. The lowest BCUT2D eigenvalue weighted by atomic mass is 10.0. The fraction of sp³-hybridized carbons (Fsp3) is 0.333. The van der Waals surface area contributed by atoms with E-state index in [-0.39, 0.29) is 18.2 Å². The van der Waals surface area contributed by atoms with E-state index < -0.39 is 12.1 Å². The molecule has 0 aromatic heterocycles. The number of hydrogen-bond acceptors (Lipinski definition) is 3. The van der Waals surface area contributed by atoms with Gasteiger partial charge in [0.2, 0.25) is 0 Å². The van der Waals surface area contributed by atoms with Crippen LogP contribution in [0.2, 0.25) is 0 Å². The second kappa shape index (κ2) is 6.06. The molecule has 15 heavy (non-hydrogen) atoms. The quantitative estimate of drug-likeness (QED) is 0.759. The van der Waals surface area contributed by atoms with E-state index in [0.29, 0.717) is 10.0 Å². The van der Waals surface area contributed by atoms with Crippen LogP contribution < -0.4 is 5.73 Å². The number of aliphatic hydroxyl groups is 1. The molecule has 0 unspecified atom stereocenters.